The van der Waals surface area contributed by atoms with E-state index in [2.05, 4.69) is 55.9 Å². The maximum Gasteiger partial charge on any atom is 0.420 e. The summed E-state index contributed by atoms with van der Waals surface area (Å²) in [5.41, 5.74) is 6.34. The van der Waals surface area contributed by atoms with Crippen molar-refractivity contribution in [3.05, 3.63) is 48.5 Å². The molecule has 1 unspecified atom stereocenters. The summed E-state index contributed by atoms with van der Waals surface area (Å²) in [7, 11) is 4.21. The van der Waals surface area contributed by atoms with E-state index in [9.17, 15) is 4.79 Å². The van der Waals surface area contributed by atoms with Crippen molar-refractivity contribution in [1.29, 1.82) is 0 Å². The zero-order valence-corrected chi connectivity index (χ0v) is 27.1. The molecule has 2 fully saturated rings. The topological polar surface area (TPSA) is 90.5 Å². The van der Waals surface area contributed by atoms with Crippen LogP contribution in [-0.4, -0.2) is 80.8 Å². The van der Waals surface area contributed by atoms with Gasteiger partial charge in [0.2, 0.25) is 0 Å². The van der Waals surface area contributed by atoms with Crippen LogP contribution in [0.4, 0.5) is 10.5 Å². The number of nitrogens with zero attached hydrogens (tertiary/aromatic N) is 7. The van der Waals surface area contributed by atoms with Gasteiger partial charge in [-0.15, -0.1) is 0 Å². The first-order valence-electron chi connectivity index (χ1n) is 15.8. The zero-order chi connectivity index (χ0) is 31.2. The van der Waals surface area contributed by atoms with E-state index < -0.39 is 11.7 Å². The highest BCUT2D eigenvalue weighted by molar-refractivity contribution is 5.97. The average molecular weight is 600 g/mol. The summed E-state index contributed by atoms with van der Waals surface area (Å²) >= 11 is 0. The molecule has 44 heavy (non-hydrogen) atoms. The molecule has 6 rings (SSSR count). The molecule has 2 saturated heterocycles. The Morgan fingerprint density at radius 2 is 1.84 bits per heavy atom. The summed E-state index contributed by atoms with van der Waals surface area (Å²) in [5, 5.41) is 4.70. The lowest BCUT2D eigenvalue weighted by Crippen LogP contribution is -2.27. The highest BCUT2D eigenvalue weighted by Gasteiger charge is 2.26. The molecule has 2 aliphatic rings. The third-order valence-corrected chi connectivity index (χ3v) is 8.94. The Balaban J connectivity index is 1.48. The molecule has 3 aromatic heterocycles. The van der Waals surface area contributed by atoms with Crippen LogP contribution in [0.15, 0.2) is 43.0 Å². The second kappa shape index (κ2) is 12.0. The van der Waals surface area contributed by atoms with Crippen LogP contribution in [0.25, 0.3) is 33.5 Å². The van der Waals surface area contributed by atoms with Crippen LogP contribution in [0.5, 0.6) is 0 Å². The largest absolute Gasteiger partial charge is 0.443 e. The van der Waals surface area contributed by atoms with Gasteiger partial charge < -0.3 is 19.3 Å². The molecule has 0 aliphatic carbocycles. The van der Waals surface area contributed by atoms with E-state index in [1.54, 1.807) is 12.4 Å². The number of carbonyl (C=O) groups excluding carboxylic acids is 1. The Bertz CT molecular complexity index is 1640. The molecule has 1 aromatic carbocycles. The molecule has 2 aliphatic heterocycles. The molecule has 0 radical (unpaired) electrons. The molecule has 4 aromatic rings. The maximum absolute atomic E-state index is 13.4. The van der Waals surface area contributed by atoms with Gasteiger partial charge in [-0.2, -0.15) is 5.10 Å². The number of fused-ring (bicyclic) bond motifs is 1. The van der Waals surface area contributed by atoms with Crippen LogP contribution in [0.2, 0.25) is 0 Å². The van der Waals surface area contributed by atoms with E-state index >= 15 is 0 Å². The highest BCUT2D eigenvalue weighted by atomic mass is 16.6. The monoisotopic (exact) mass is 599 g/mol. The molecule has 10 heteroatoms. The van der Waals surface area contributed by atoms with Gasteiger partial charge in [-0.1, -0.05) is 0 Å². The van der Waals surface area contributed by atoms with Crippen molar-refractivity contribution in [1.82, 2.24) is 29.2 Å². The number of anilines is 1. The number of ether oxygens (including phenoxy) is 2. The minimum atomic E-state index is -0.651. The molecule has 10 nitrogen and oxygen atoms in total. The van der Waals surface area contributed by atoms with Crippen LogP contribution >= 0.6 is 0 Å². The van der Waals surface area contributed by atoms with Crippen LogP contribution in [-0.2, 0) is 9.47 Å². The fraction of sp³-hybridized carbons (Fsp3) is 0.529. The van der Waals surface area contributed by atoms with Gasteiger partial charge in [0.15, 0.2) is 5.65 Å². The smallest absolute Gasteiger partial charge is 0.420 e. The van der Waals surface area contributed by atoms with Gasteiger partial charge in [0.25, 0.3) is 0 Å². The predicted molar refractivity (Wildman–Crippen MR) is 173 cm³/mol. The lowest BCUT2D eigenvalue weighted by molar-refractivity contribution is 0.0543. The van der Waals surface area contributed by atoms with Crippen LogP contribution in [0.1, 0.15) is 77.9 Å². The Morgan fingerprint density at radius 3 is 2.52 bits per heavy atom. The zero-order valence-electron chi connectivity index (χ0n) is 27.1. The molecular formula is C34H45N7O3. The predicted octanol–water partition coefficient (Wildman–Crippen LogP) is 6.71. The van der Waals surface area contributed by atoms with E-state index in [0.29, 0.717) is 17.2 Å². The van der Waals surface area contributed by atoms with Crippen LogP contribution < -0.4 is 4.90 Å². The SMILES string of the molecule is CC(c1cc(-c2cnc3c(n2)c(-c2cnn(C4CCOCC4)c2)cn3C(=O)OC(C)(C)C)cc(N2CCC[C@H]2C)c1)N(C)C. The van der Waals surface area contributed by atoms with Gasteiger partial charge in [-0.05, 0) is 98.2 Å². The Morgan fingerprint density at radius 1 is 1.07 bits per heavy atom. The first-order chi connectivity index (χ1) is 21.0. The number of hydrogen-bond donors (Lipinski definition) is 0. The highest BCUT2D eigenvalue weighted by Crippen LogP contribution is 2.36. The second-order valence-electron chi connectivity index (χ2n) is 13.5. The van der Waals surface area contributed by atoms with Crippen molar-refractivity contribution in [2.45, 2.75) is 84.0 Å². The third-order valence-electron chi connectivity index (χ3n) is 8.94. The Labute approximate surface area is 260 Å². The summed E-state index contributed by atoms with van der Waals surface area (Å²) < 4.78 is 14.8. The van der Waals surface area contributed by atoms with Crippen molar-refractivity contribution >= 4 is 22.9 Å². The fourth-order valence-corrected chi connectivity index (χ4v) is 6.22. The lowest BCUT2D eigenvalue weighted by atomic mass is 10.0. The Hall–Kier alpha value is -3.76. The van der Waals surface area contributed by atoms with Crippen molar-refractivity contribution in [3.8, 4) is 22.4 Å². The van der Waals surface area contributed by atoms with E-state index in [0.717, 1.165) is 55.0 Å². The Kier molecular flexibility index (Phi) is 8.24. The molecule has 5 heterocycles. The fourth-order valence-electron chi connectivity index (χ4n) is 6.22. The van der Waals surface area contributed by atoms with E-state index in [-0.39, 0.29) is 12.1 Å². The van der Waals surface area contributed by atoms with Crippen molar-refractivity contribution in [3.63, 3.8) is 0 Å². The molecule has 0 bridgehead atoms. The van der Waals surface area contributed by atoms with E-state index in [4.69, 9.17) is 24.5 Å². The molecule has 2 atom stereocenters. The molecular weight excluding hydrogens is 554 g/mol. The van der Waals surface area contributed by atoms with Crippen LogP contribution in [0, 0.1) is 0 Å². The minimum absolute atomic E-state index is 0.225. The minimum Gasteiger partial charge on any atom is -0.443 e. The van der Waals surface area contributed by atoms with Gasteiger partial charge in [0, 0.05) is 66.6 Å². The lowest BCUT2D eigenvalue weighted by Gasteiger charge is -2.27. The first kappa shape index (κ1) is 30.3. The number of carbonyl (C=O) groups is 1. The number of rotatable bonds is 6. The van der Waals surface area contributed by atoms with Crippen molar-refractivity contribution < 1.29 is 14.3 Å². The van der Waals surface area contributed by atoms with Gasteiger partial charge in [0.05, 0.1) is 24.1 Å². The summed E-state index contributed by atoms with van der Waals surface area (Å²) in [6, 6.07) is 7.77. The van der Waals surface area contributed by atoms with Gasteiger partial charge in [-0.25, -0.2) is 19.3 Å². The first-order valence-corrected chi connectivity index (χ1v) is 15.8. The van der Waals surface area contributed by atoms with E-state index in [1.165, 1.54) is 28.7 Å². The van der Waals surface area contributed by atoms with Gasteiger partial charge in [-0.3, -0.25) is 4.68 Å². The third kappa shape index (κ3) is 6.10. The second-order valence-corrected chi connectivity index (χ2v) is 13.5. The standard InChI is InChI=1S/C34H45N7O3/c1-22-9-8-12-39(22)28-16-24(23(2)38(6)7)15-25(17-28)30-19-35-32-31(37-30)29(21-40(32)33(42)44-34(3,4)5)26-18-36-41(20-26)27-10-13-43-14-11-27/h15-23,27H,8-14H2,1-7H3/t22-,23?/m1/s1. The quantitative estimate of drug-likeness (QED) is 0.242. The summed E-state index contributed by atoms with van der Waals surface area (Å²) in [6.07, 6.45) is 11.2. The average Bonchev–Trinajstić information content (AvgIpc) is 3.74. The molecule has 0 amide bonds. The van der Waals surface area contributed by atoms with Gasteiger partial charge >= 0.3 is 6.09 Å². The molecule has 0 N–H and O–H groups in total. The maximum atomic E-state index is 13.4. The van der Waals surface area contributed by atoms with Gasteiger partial charge in [0.1, 0.15) is 11.1 Å². The number of benzene rings is 1. The summed E-state index contributed by atoms with van der Waals surface area (Å²) in [6.45, 7) is 12.6. The summed E-state index contributed by atoms with van der Waals surface area (Å²) in [4.78, 5) is 28.1. The van der Waals surface area contributed by atoms with Crippen LogP contribution in [0.3, 0.4) is 0 Å². The van der Waals surface area contributed by atoms with E-state index in [1.807, 2.05) is 37.8 Å². The normalized spacial score (nSPS) is 18.8. The molecule has 0 spiro atoms. The van der Waals surface area contributed by atoms with Crippen molar-refractivity contribution in [2.75, 3.05) is 38.8 Å². The number of hydrogen-bond acceptors (Lipinski definition) is 8. The summed E-state index contributed by atoms with van der Waals surface area (Å²) in [5.74, 6) is 0. The molecule has 234 valence electrons. The van der Waals surface area contributed by atoms with Crippen molar-refractivity contribution in [2.24, 2.45) is 0 Å². The number of aromatic nitrogens is 5. The molecule has 0 saturated carbocycles.